The van der Waals surface area contributed by atoms with Crippen LogP contribution in [0.15, 0.2) is 30.3 Å². The number of aromatic nitrogens is 1. The first kappa shape index (κ1) is 18.5. The van der Waals surface area contributed by atoms with Gasteiger partial charge in [-0.3, -0.25) is 4.90 Å². The van der Waals surface area contributed by atoms with Crippen molar-refractivity contribution in [1.82, 2.24) is 9.47 Å². The second-order valence-electron chi connectivity index (χ2n) is 10.4. The molecular formula is C26H36N2. The van der Waals surface area contributed by atoms with Gasteiger partial charge in [-0.15, -0.1) is 0 Å². The summed E-state index contributed by atoms with van der Waals surface area (Å²) >= 11 is 0. The quantitative estimate of drug-likeness (QED) is 0.579. The van der Waals surface area contributed by atoms with E-state index in [1.807, 2.05) is 0 Å². The van der Waals surface area contributed by atoms with Gasteiger partial charge in [-0.2, -0.15) is 0 Å². The van der Waals surface area contributed by atoms with Crippen LogP contribution in [-0.4, -0.2) is 21.6 Å². The highest BCUT2D eigenvalue weighted by molar-refractivity contribution is 5.69. The van der Waals surface area contributed by atoms with E-state index in [4.69, 9.17) is 0 Å². The molecule has 0 saturated heterocycles. The van der Waals surface area contributed by atoms with E-state index < -0.39 is 0 Å². The third kappa shape index (κ3) is 3.45. The average Bonchev–Trinajstić information content (AvgIpc) is 3.47. The van der Waals surface area contributed by atoms with Gasteiger partial charge in [0.15, 0.2) is 0 Å². The maximum atomic E-state index is 2.67. The molecule has 0 spiro atoms. The van der Waals surface area contributed by atoms with Gasteiger partial charge >= 0.3 is 0 Å². The summed E-state index contributed by atoms with van der Waals surface area (Å²) in [4.78, 5) is 2.63. The molecule has 0 radical (unpaired) electrons. The van der Waals surface area contributed by atoms with Crippen LogP contribution < -0.4 is 0 Å². The van der Waals surface area contributed by atoms with Crippen molar-refractivity contribution in [2.24, 2.45) is 0 Å². The highest BCUT2D eigenvalue weighted by Gasteiger charge is 2.34. The zero-order valence-electron chi connectivity index (χ0n) is 18.0. The molecule has 1 aromatic heterocycles. The number of nitrogens with zero attached hydrogens (tertiary/aromatic N) is 2. The largest absolute Gasteiger partial charge is 0.345 e. The number of benzene rings is 1. The first-order valence-electron chi connectivity index (χ1n) is 11.6. The lowest BCUT2D eigenvalue weighted by molar-refractivity contribution is 0.102. The van der Waals surface area contributed by atoms with Crippen molar-refractivity contribution in [2.45, 2.75) is 96.2 Å². The standard InChI is InChI=1S/C26H36N2/c1-26(2,3)27-15-16-28-23(18-27)17-24(25(28)22-13-14-22)21-11-9-20(10-12-21)19-7-5-4-6-8-19/h9-12,17,19,22H,4-8,13-16,18H2,1-3H3. The summed E-state index contributed by atoms with van der Waals surface area (Å²) in [6, 6.07) is 12.2. The van der Waals surface area contributed by atoms with E-state index in [2.05, 4.69) is 60.6 Å². The predicted molar refractivity (Wildman–Crippen MR) is 118 cm³/mol. The minimum Gasteiger partial charge on any atom is -0.345 e. The fourth-order valence-corrected chi connectivity index (χ4v) is 5.48. The van der Waals surface area contributed by atoms with Gasteiger partial charge in [0.05, 0.1) is 0 Å². The molecule has 28 heavy (non-hydrogen) atoms. The summed E-state index contributed by atoms with van der Waals surface area (Å²) in [7, 11) is 0. The molecule has 2 heterocycles. The molecule has 0 atom stereocenters. The smallest absolute Gasteiger partial charge is 0.0393 e. The summed E-state index contributed by atoms with van der Waals surface area (Å²) < 4.78 is 2.67. The van der Waals surface area contributed by atoms with E-state index in [0.717, 1.165) is 24.9 Å². The third-order valence-electron chi connectivity index (χ3n) is 7.38. The fourth-order valence-electron chi connectivity index (χ4n) is 5.48. The summed E-state index contributed by atoms with van der Waals surface area (Å²) in [5.41, 5.74) is 7.92. The van der Waals surface area contributed by atoms with Crippen molar-refractivity contribution in [1.29, 1.82) is 0 Å². The molecule has 0 bridgehead atoms. The Hall–Kier alpha value is -1.54. The number of hydrogen-bond acceptors (Lipinski definition) is 1. The molecule has 1 aromatic carbocycles. The Morgan fingerprint density at radius 3 is 2.18 bits per heavy atom. The molecule has 0 amide bonds. The number of fused-ring (bicyclic) bond motifs is 1. The summed E-state index contributed by atoms with van der Waals surface area (Å²) in [5.74, 6) is 1.59. The Kier molecular flexibility index (Phi) is 4.66. The highest BCUT2D eigenvalue weighted by atomic mass is 15.2. The average molecular weight is 377 g/mol. The molecule has 3 aliphatic rings. The van der Waals surface area contributed by atoms with Gasteiger partial charge in [-0.05, 0) is 75.5 Å². The maximum absolute atomic E-state index is 2.67. The molecule has 2 fully saturated rings. The molecule has 2 saturated carbocycles. The van der Waals surface area contributed by atoms with Gasteiger partial charge in [-0.1, -0.05) is 43.5 Å². The second-order valence-corrected chi connectivity index (χ2v) is 10.4. The van der Waals surface area contributed by atoms with Crippen LogP contribution in [0.3, 0.4) is 0 Å². The van der Waals surface area contributed by atoms with Gasteiger partial charge in [0, 0.05) is 42.1 Å². The molecular weight excluding hydrogens is 340 g/mol. The monoisotopic (exact) mass is 376 g/mol. The predicted octanol–water partition coefficient (Wildman–Crippen LogP) is 6.69. The van der Waals surface area contributed by atoms with Crippen LogP contribution in [-0.2, 0) is 13.1 Å². The lowest BCUT2D eigenvalue weighted by atomic mass is 9.83. The minimum atomic E-state index is 0.247. The van der Waals surface area contributed by atoms with E-state index in [-0.39, 0.29) is 5.54 Å². The zero-order valence-corrected chi connectivity index (χ0v) is 18.0. The van der Waals surface area contributed by atoms with Crippen LogP contribution in [0.25, 0.3) is 11.1 Å². The number of hydrogen-bond donors (Lipinski definition) is 0. The van der Waals surface area contributed by atoms with Crippen molar-refractivity contribution in [3.05, 3.63) is 47.3 Å². The van der Waals surface area contributed by atoms with Crippen LogP contribution in [0.5, 0.6) is 0 Å². The lowest BCUT2D eigenvalue weighted by Gasteiger charge is -2.39. The number of rotatable bonds is 3. The summed E-state index contributed by atoms with van der Waals surface area (Å²) in [6.07, 6.45) is 9.77. The van der Waals surface area contributed by atoms with E-state index >= 15 is 0 Å². The molecule has 150 valence electrons. The molecule has 2 aliphatic carbocycles. The van der Waals surface area contributed by atoms with Crippen LogP contribution in [0, 0.1) is 0 Å². The first-order chi connectivity index (χ1) is 13.5. The van der Waals surface area contributed by atoms with Crippen LogP contribution in [0.2, 0.25) is 0 Å². The van der Waals surface area contributed by atoms with E-state index in [9.17, 15) is 0 Å². The molecule has 2 nitrogen and oxygen atoms in total. The summed E-state index contributed by atoms with van der Waals surface area (Å²) in [6.45, 7) is 10.4. The van der Waals surface area contributed by atoms with E-state index in [1.54, 1.807) is 11.3 Å². The lowest BCUT2D eigenvalue weighted by Crippen LogP contribution is -2.45. The normalized spacial score (nSPS) is 21.7. The fraction of sp³-hybridized carbons (Fsp3) is 0.615. The third-order valence-corrected chi connectivity index (χ3v) is 7.38. The highest BCUT2D eigenvalue weighted by Crippen LogP contribution is 2.47. The topological polar surface area (TPSA) is 8.17 Å². The molecule has 2 aromatic rings. The Balaban J connectivity index is 1.46. The SMILES string of the molecule is CC(C)(C)N1CCn2c(cc(-c3ccc(C4CCCCC4)cc3)c2C2CC2)C1. The van der Waals surface area contributed by atoms with Gasteiger partial charge < -0.3 is 4.57 Å². The summed E-state index contributed by atoms with van der Waals surface area (Å²) in [5, 5.41) is 0. The molecule has 5 rings (SSSR count). The first-order valence-corrected chi connectivity index (χ1v) is 11.6. The zero-order chi connectivity index (χ0) is 19.3. The molecule has 1 aliphatic heterocycles. The van der Waals surface area contributed by atoms with Gasteiger partial charge in [-0.25, -0.2) is 0 Å². The molecule has 0 N–H and O–H groups in total. The molecule has 2 heteroatoms. The van der Waals surface area contributed by atoms with Crippen LogP contribution >= 0.6 is 0 Å². The molecule has 0 unspecified atom stereocenters. The van der Waals surface area contributed by atoms with Gasteiger partial charge in [0.2, 0.25) is 0 Å². The van der Waals surface area contributed by atoms with Crippen molar-refractivity contribution in [2.75, 3.05) is 6.54 Å². The second kappa shape index (κ2) is 7.06. The van der Waals surface area contributed by atoms with Crippen molar-refractivity contribution in [3.63, 3.8) is 0 Å². The van der Waals surface area contributed by atoms with Gasteiger partial charge in [0.1, 0.15) is 0 Å². The van der Waals surface area contributed by atoms with Gasteiger partial charge in [0.25, 0.3) is 0 Å². The minimum absolute atomic E-state index is 0.247. The van der Waals surface area contributed by atoms with Crippen molar-refractivity contribution < 1.29 is 0 Å². The maximum Gasteiger partial charge on any atom is 0.0393 e. The van der Waals surface area contributed by atoms with Crippen molar-refractivity contribution in [3.8, 4) is 11.1 Å². The van der Waals surface area contributed by atoms with E-state index in [1.165, 1.54) is 68.3 Å². The van der Waals surface area contributed by atoms with Crippen LogP contribution in [0.1, 0.15) is 94.5 Å². The Bertz CT molecular complexity index is 827. The van der Waals surface area contributed by atoms with E-state index in [0.29, 0.717) is 0 Å². The Morgan fingerprint density at radius 1 is 0.821 bits per heavy atom. The Morgan fingerprint density at radius 2 is 1.54 bits per heavy atom. The van der Waals surface area contributed by atoms with Crippen molar-refractivity contribution >= 4 is 0 Å². The van der Waals surface area contributed by atoms with Crippen LogP contribution in [0.4, 0.5) is 0 Å². The Labute approximate surface area is 170 Å².